The molecule has 7 heteroatoms. The lowest BCUT2D eigenvalue weighted by atomic mass is 10.1. The highest BCUT2D eigenvalue weighted by Crippen LogP contribution is 2.41. The zero-order chi connectivity index (χ0) is 20.8. The van der Waals surface area contributed by atoms with Gasteiger partial charge in [-0.25, -0.2) is 19.2 Å². The van der Waals surface area contributed by atoms with Gasteiger partial charge >= 0.3 is 6.09 Å². The molecular formula is C22H25ClN4O2. The van der Waals surface area contributed by atoms with E-state index in [2.05, 4.69) is 10.1 Å². The first-order valence-electron chi connectivity index (χ1n) is 9.93. The maximum Gasteiger partial charge on any atom is 0.419 e. The van der Waals surface area contributed by atoms with E-state index in [4.69, 9.17) is 16.3 Å². The third kappa shape index (κ3) is 3.94. The molecule has 0 saturated heterocycles. The molecule has 1 aromatic carbocycles. The van der Waals surface area contributed by atoms with E-state index in [9.17, 15) is 4.79 Å². The van der Waals surface area contributed by atoms with E-state index in [1.165, 1.54) is 4.90 Å². The fourth-order valence-electron chi connectivity index (χ4n) is 3.23. The summed E-state index contributed by atoms with van der Waals surface area (Å²) in [6, 6.07) is 9.39. The number of aromatic nitrogens is 3. The number of hydrogen-bond acceptors (Lipinski definition) is 4. The molecule has 1 aliphatic carbocycles. The Morgan fingerprint density at radius 3 is 2.76 bits per heavy atom. The number of ether oxygens (including phenoxy) is 1. The van der Waals surface area contributed by atoms with E-state index in [1.54, 1.807) is 10.6 Å². The van der Waals surface area contributed by atoms with Crippen LogP contribution in [-0.2, 0) is 4.74 Å². The average molecular weight is 413 g/mol. The number of hydrogen-bond donors (Lipinski definition) is 0. The highest BCUT2D eigenvalue weighted by Gasteiger charge is 2.32. The van der Waals surface area contributed by atoms with Crippen molar-refractivity contribution in [2.75, 3.05) is 4.90 Å². The SMILES string of the molecule is CCC(C)(C)OC(=O)N(c1cccc(C)c1)c1cc(Cl)nn2c(C3CC3)cnc12. The number of anilines is 2. The van der Waals surface area contributed by atoms with Gasteiger partial charge in [-0.15, -0.1) is 0 Å². The van der Waals surface area contributed by atoms with Gasteiger partial charge < -0.3 is 4.74 Å². The van der Waals surface area contributed by atoms with Crippen molar-refractivity contribution < 1.29 is 9.53 Å². The summed E-state index contributed by atoms with van der Waals surface area (Å²) in [5.74, 6) is 0.446. The molecular weight excluding hydrogens is 388 g/mol. The van der Waals surface area contributed by atoms with Crippen LogP contribution in [0.5, 0.6) is 0 Å². The molecule has 1 saturated carbocycles. The van der Waals surface area contributed by atoms with Crippen LogP contribution in [0, 0.1) is 6.92 Å². The van der Waals surface area contributed by atoms with Crippen molar-refractivity contribution in [3.05, 3.63) is 52.9 Å². The molecule has 0 radical (unpaired) electrons. The van der Waals surface area contributed by atoms with Gasteiger partial charge in [-0.2, -0.15) is 5.10 Å². The molecule has 0 spiro atoms. The number of amides is 1. The molecule has 3 aromatic rings. The highest BCUT2D eigenvalue weighted by atomic mass is 35.5. The molecule has 29 heavy (non-hydrogen) atoms. The lowest BCUT2D eigenvalue weighted by molar-refractivity contribution is 0.0428. The van der Waals surface area contributed by atoms with Crippen LogP contribution >= 0.6 is 11.6 Å². The molecule has 0 N–H and O–H groups in total. The third-order valence-electron chi connectivity index (χ3n) is 5.34. The van der Waals surface area contributed by atoms with Gasteiger partial charge in [0.15, 0.2) is 10.8 Å². The molecule has 6 nitrogen and oxygen atoms in total. The predicted molar refractivity (Wildman–Crippen MR) is 114 cm³/mol. The number of nitrogens with zero attached hydrogens (tertiary/aromatic N) is 4. The summed E-state index contributed by atoms with van der Waals surface area (Å²) < 4.78 is 7.60. The van der Waals surface area contributed by atoms with Crippen LogP contribution in [0.25, 0.3) is 5.65 Å². The van der Waals surface area contributed by atoms with Gasteiger partial charge in [0.1, 0.15) is 11.3 Å². The molecule has 0 unspecified atom stereocenters. The number of fused-ring (bicyclic) bond motifs is 1. The first-order valence-corrected chi connectivity index (χ1v) is 10.3. The molecule has 1 aliphatic rings. The van der Waals surface area contributed by atoms with E-state index in [-0.39, 0.29) is 0 Å². The number of imidazole rings is 1. The number of aryl methyl sites for hydroxylation is 1. The Kier molecular flexibility index (Phi) is 4.99. The van der Waals surface area contributed by atoms with E-state index in [0.717, 1.165) is 24.1 Å². The van der Waals surface area contributed by atoms with Crippen molar-refractivity contribution in [3.63, 3.8) is 0 Å². The van der Waals surface area contributed by atoms with Crippen molar-refractivity contribution in [2.24, 2.45) is 0 Å². The monoisotopic (exact) mass is 412 g/mol. The highest BCUT2D eigenvalue weighted by molar-refractivity contribution is 6.29. The van der Waals surface area contributed by atoms with E-state index in [1.807, 2.05) is 58.2 Å². The van der Waals surface area contributed by atoms with Crippen LogP contribution < -0.4 is 4.90 Å². The number of carbonyl (C=O) groups is 1. The lowest BCUT2D eigenvalue weighted by Crippen LogP contribution is -2.35. The van der Waals surface area contributed by atoms with Gasteiger partial charge in [-0.3, -0.25) is 0 Å². The minimum Gasteiger partial charge on any atom is -0.443 e. The van der Waals surface area contributed by atoms with Crippen LogP contribution in [0.3, 0.4) is 0 Å². The van der Waals surface area contributed by atoms with E-state index >= 15 is 0 Å². The summed E-state index contributed by atoms with van der Waals surface area (Å²) in [7, 11) is 0. The zero-order valence-corrected chi connectivity index (χ0v) is 17.9. The smallest absolute Gasteiger partial charge is 0.419 e. The van der Waals surface area contributed by atoms with Crippen LogP contribution in [0.4, 0.5) is 16.2 Å². The molecule has 0 aliphatic heterocycles. The topological polar surface area (TPSA) is 59.7 Å². The Morgan fingerprint density at radius 2 is 2.10 bits per heavy atom. The summed E-state index contributed by atoms with van der Waals surface area (Å²) in [6.07, 6.45) is 4.29. The summed E-state index contributed by atoms with van der Waals surface area (Å²) in [4.78, 5) is 19.5. The summed E-state index contributed by atoms with van der Waals surface area (Å²) >= 11 is 6.37. The quantitative estimate of drug-likeness (QED) is 0.513. The third-order valence-corrected chi connectivity index (χ3v) is 5.52. The molecule has 4 rings (SSSR count). The van der Waals surface area contributed by atoms with Crippen molar-refractivity contribution >= 4 is 34.7 Å². The largest absolute Gasteiger partial charge is 0.443 e. The Bertz CT molecular complexity index is 1070. The fraction of sp³-hybridized carbons (Fsp3) is 0.409. The van der Waals surface area contributed by atoms with Crippen molar-refractivity contribution in [3.8, 4) is 0 Å². The van der Waals surface area contributed by atoms with E-state index < -0.39 is 11.7 Å². The van der Waals surface area contributed by atoms with Crippen LogP contribution in [0.2, 0.25) is 5.15 Å². The van der Waals surface area contributed by atoms with Gasteiger partial charge in [0.05, 0.1) is 17.6 Å². The second-order valence-corrected chi connectivity index (χ2v) is 8.59. The fourth-order valence-corrected chi connectivity index (χ4v) is 3.41. The Morgan fingerprint density at radius 1 is 1.34 bits per heavy atom. The molecule has 2 heterocycles. The van der Waals surface area contributed by atoms with E-state index in [0.29, 0.717) is 34.5 Å². The minimum atomic E-state index is -0.596. The normalized spacial score (nSPS) is 14.2. The van der Waals surface area contributed by atoms with Crippen LogP contribution in [0.1, 0.15) is 57.2 Å². The van der Waals surface area contributed by atoms with Gasteiger partial charge in [-0.05, 0) is 57.7 Å². The van der Waals surface area contributed by atoms with Gasteiger partial charge in [0, 0.05) is 12.0 Å². The summed E-state index contributed by atoms with van der Waals surface area (Å²) in [5.41, 5.74) is 3.30. The standard InChI is InChI=1S/C22H25ClN4O2/c1-5-22(3,4)29-21(28)26(16-8-6-7-14(2)11-16)17-12-19(23)25-27-18(15-9-10-15)13-24-20(17)27/h6-8,11-13,15H,5,9-10H2,1-4H3. The Balaban J connectivity index is 1.88. The number of carbonyl (C=O) groups excluding carboxylic acids is 1. The maximum atomic E-state index is 13.3. The lowest BCUT2D eigenvalue weighted by Gasteiger charge is -2.29. The van der Waals surface area contributed by atoms with Crippen molar-refractivity contribution in [2.45, 2.75) is 58.5 Å². The predicted octanol–water partition coefficient (Wildman–Crippen LogP) is 6.03. The molecule has 1 amide bonds. The number of rotatable bonds is 5. The molecule has 0 bridgehead atoms. The summed E-state index contributed by atoms with van der Waals surface area (Å²) in [6.45, 7) is 7.77. The molecule has 0 atom stereocenters. The van der Waals surface area contributed by atoms with Gasteiger partial charge in [0.2, 0.25) is 0 Å². The summed E-state index contributed by atoms with van der Waals surface area (Å²) in [5, 5.41) is 4.74. The first kappa shape index (κ1) is 19.7. The molecule has 1 fully saturated rings. The number of halogens is 1. The van der Waals surface area contributed by atoms with Gasteiger partial charge in [-0.1, -0.05) is 30.7 Å². The zero-order valence-electron chi connectivity index (χ0n) is 17.1. The van der Waals surface area contributed by atoms with Crippen LogP contribution in [-0.4, -0.2) is 26.3 Å². The van der Waals surface area contributed by atoms with Crippen LogP contribution in [0.15, 0.2) is 36.5 Å². The minimum absolute atomic E-state index is 0.299. The average Bonchev–Trinajstić information content (AvgIpc) is 3.41. The van der Waals surface area contributed by atoms with Crippen molar-refractivity contribution in [1.82, 2.24) is 14.6 Å². The van der Waals surface area contributed by atoms with Gasteiger partial charge in [0.25, 0.3) is 0 Å². The Hall–Kier alpha value is -2.60. The first-order chi connectivity index (χ1) is 13.8. The molecule has 2 aromatic heterocycles. The second kappa shape index (κ2) is 7.34. The Labute approximate surface area is 175 Å². The second-order valence-electron chi connectivity index (χ2n) is 8.20. The molecule has 152 valence electrons. The maximum absolute atomic E-state index is 13.3. The number of benzene rings is 1. The van der Waals surface area contributed by atoms with Crippen molar-refractivity contribution in [1.29, 1.82) is 0 Å².